The molecule has 4 heteroatoms. The lowest BCUT2D eigenvalue weighted by molar-refractivity contribution is -0.150. The monoisotopic (exact) mass is 342 g/mol. The number of ether oxygens (including phenoxy) is 2. The van der Waals surface area contributed by atoms with Crippen molar-refractivity contribution in [2.75, 3.05) is 13.2 Å². The fourth-order valence-electron chi connectivity index (χ4n) is 2.49. The van der Waals surface area contributed by atoms with E-state index in [0.717, 1.165) is 25.7 Å². The summed E-state index contributed by atoms with van der Waals surface area (Å²) in [7, 11) is 0. The summed E-state index contributed by atoms with van der Waals surface area (Å²) in [6, 6.07) is 0. The molecule has 0 saturated carbocycles. The van der Waals surface area contributed by atoms with E-state index in [2.05, 4.69) is 13.8 Å². The Balaban J connectivity index is 3.34. The summed E-state index contributed by atoms with van der Waals surface area (Å²) in [5.74, 6) is -0.583. The Morgan fingerprint density at radius 1 is 0.542 bits per heavy atom. The van der Waals surface area contributed by atoms with E-state index in [4.69, 9.17) is 9.47 Å². The Labute approximate surface area is 148 Å². The molecule has 142 valence electrons. The number of hydrogen-bond acceptors (Lipinski definition) is 4. The van der Waals surface area contributed by atoms with Gasteiger partial charge >= 0.3 is 11.9 Å². The molecule has 0 aromatic carbocycles. The third-order valence-electron chi connectivity index (χ3n) is 4.06. The minimum atomic E-state index is -0.292. The van der Waals surface area contributed by atoms with E-state index < -0.39 is 0 Å². The lowest BCUT2D eigenvalue weighted by Crippen LogP contribution is -2.11. The zero-order valence-electron chi connectivity index (χ0n) is 15.9. The summed E-state index contributed by atoms with van der Waals surface area (Å²) in [4.78, 5) is 23.1. The molecule has 0 bridgehead atoms. The predicted octanol–water partition coefficient (Wildman–Crippen LogP) is 5.57. The molecule has 0 spiro atoms. The Kier molecular flexibility index (Phi) is 17.5. The summed E-state index contributed by atoms with van der Waals surface area (Å²) in [6.07, 6.45) is 14.3. The van der Waals surface area contributed by atoms with Crippen LogP contribution in [0, 0.1) is 0 Å². The van der Waals surface area contributed by atoms with Gasteiger partial charge in [0.25, 0.3) is 0 Å². The van der Waals surface area contributed by atoms with Gasteiger partial charge in [-0.15, -0.1) is 0 Å². The van der Waals surface area contributed by atoms with Crippen LogP contribution in [0.3, 0.4) is 0 Å². The molecule has 0 heterocycles. The van der Waals surface area contributed by atoms with Gasteiger partial charge in [-0.2, -0.15) is 0 Å². The average molecular weight is 343 g/mol. The highest BCUT2D eigenvalue weighted by molar-refractivity contribution is 5.77. The van der Waals surface area contributed by atoms with Crippen LogP contribution in [0.4, 0.5) is 0 Å². The first-order chi connectivity index (χ1) is 11.7. The van der Waals surface area contributed by atoms with Gasteiger partial charge in [0.05, 0.1) is 26.1 Å². The maximum atomic E-state index is 11.5. The quantitative estimate of drug-likeness (QED) is 0.256. The lowest BCUT2D eigenvalue weighted by Gasteiger charge is -2.06. The van der Waals surface area contributed by atoms with Crippen molar-refractivity contribution in [1.29, 1.82) is 0 Å². The lowest BCUT2D eigenvalue weighted by atomic mass is 10.1. The normalized spacial score (nSPS) is 10.6. The van der Waals surface area contributed by atoms with Crippen molar-refractivity contribution in [3.63, 3.8) is 0 Å². The summed E-state index contributed by atoms with van der Waals surface area (Å²) in [5.41, 5.74) is 0. The second-order valence-corrected chi connectivity index (χ2v) is 6.48. The Morgan fingerprint density at radius 2 is 0.875 bits per heavy atom. The zero-order valence-corrected chi connectivity index (χ0v) is 15.9. The van der Waals surface area contributed by atoms with Gasteiger partial charge in [0.1, 0.15) is 0 Å². The SMILES string of the molecule is CCCCCCCCOC(=O)CCC(=O)OCCCCCCCC. The number of rotatable bonds is 17. The number of hydrogen-bond donors (Lipinski definition) is 0. The molecule has 24 heavy (non-hydrogen) atoms. The molecule has 0 amide bonds. The molecule has 0 aromatic heterocycles. The van der Waals surface area contributed by atoms with Crippen molar-refractivity contribution >= 4 is 11.9 Å². The van der Waals surface area contributed by atoms with Crippen LogP contribution in [0.2, 0.25) is 0 Å². The fourth-order valence-corrected chi connectivity index (χ4v) is 2.49. The third-order valence-corrected chi connectivity index (χ3v) is 4.06. The molecule has 0 unspecified atom stereocenters. The van der Waals surface area contributed by atoms with Gasteiger partial charge in [-0.25, -0.2) is 0 Å². The van der Waals surface area contributed by atoms with Crippen LogP contribution in [0.15, 0.2) is 0 Å². The highest BCUT2D eigenvalue weighted by Gasteiger charge is 2.08. The van der Waals surface area contributed by atoms with Gasteiger partial charge in [0, 0.05) is 0 Å². The van der Waals surface area contributed by atoms with Crippen molar-refractivity contribution in [1.82, 2.24) is 0 Å². The Bertz CT molecular complexity index is 272. The molecule has 0 saturated heterocycles. The predicted molar refractivity (Wildman–Crippen MR) is 97.9 cm³/mol. The van der Waals surface area contributed by atoms with Crippen LogP contribution in [-0.4, -0.2) is 25.2 Å². The number of carbonyl (C=O) groups excluding carboxylic acids is 2. The van der Waals surface area contributed by atoms with Crippen molar-refractivity contribution < 1.29 is 19.1 Å². The molecule has 0 radical (unpaired) electrons. The molecular formula is C20H38O4. The van der Waals surface area contributed by atoms with Crippen molar-refractivity contribution in [2.24, 2.45) is 0 Å². The van der Waals surface area contributed by atoms with Gasteiger partial charge in [0.2, 0.25) is 0 Å². The van der Waals surface area contributed by atoms with E-state index in [-0.39, 0.29) is 24.8 Å². The zero-order chi connectivity index (χ0) is 17.9. The first-order valence-corrected chi connectivity index (χ1v) is 10.0. The average Bonchev–Trinajstić information content (AvgIpc) is 2.58. The largest absolute Gasteiger partial charge is 0.466 e. The van der Waals surface area contributed by atoms with Gasteiger partial charge in [-0.1, -0.05) is 78.1 Å². The van der Waals surface area contributed by atoms with Crippen LogP contribution < -0.4 is 0 Å². The maximum Gasteiger partial charge on any atom is 0.306 e. The van der Waals surface area contributed by atoms with E-state index in [1.807, 2.05) is 0 Å². The molecular weight excluding hydrogens is 304 g/mol. The molecule has 0 aliphatic heterocycles. The van der Waals surface area contributed by atoms with E-state index in [1.54, 1.807) is 0 Å². The maximum absolute atomic E-state index is 11.5. The Morgan fingerprint density at radius 3 is 1.25 bits per heavy atom. The van der Waals surface area contributed by atoms with Crippen LogP contribution >= 0.6 is 0 Å². The van der Waals surface area contributed by atoms with Crippen molar-refractivity contribution in [3.8, 4) is 0 Å². The fraction of sp³-hybridized carbons (Fsp3) is 0.900. The third kappa shape index (κ3) is 17.3. The highest BCUT2D eigenvalue weighted by Crippen LogP contribution is 2.07. The number of carbonyl (C=O) groups is 2. The molecule has 0 fully saturated rings. The standard InChI is InChI=1S/C20H38O4/c1-3-5-7-9-11-13-17-23-19(21)15-16-20(22)24-18-14-12-10-8-6-4-2/h3-18H2,1-2H3. The van der Waals surface area contributed by atoms with Crippen LogP contribution in [0.25, 0.3) is 0 Å². The van der Waals surface area contributed by atoms with Crippen molar-refractivity contribution in [2.45, 2.75) is 104 Å². The van der Waals surface area contributed by atoms with Gasteiger partial charge in [-0.05, 0) is 12.8 Å². The van der Waals surface area contributed by atoms with Crippen LogP contribution in [-0.2, 0) is 19.1 Å². The molecule has 0 aliphatic rings. The highest BCUT2D eigenvalue weighted by atomic mass is 16.5. The summed E-state index contributed by atoms with van der Waals surface area (Å²) < 4.78 is 10.3. The smallest absolute Gasteiger partial charge is 0.306 e. The van der Waals surface area contributed by atoms with E-state index in [9.17, 15) is 9.59 Å². The van der Waals surface area contributed by atoms with E-state index >= 15 is 0 Å². The first kappa shape index (κ1) is 22.9. The molecule has 0 N–H and O–H groups in total. The van der Waals surface area contributed by atoms with Crippen molar-refractivity contribution in [3.05, 3.63) is 0 Å². The molecule has 0 atom stereocenters. The van der Waals surface area contributed by atoms with Gasteiger partial charge in [-0.3, -0.25) is 9.59 Å². The minimum absolute atomic E-state index is 0.130. The Hall–Kier alpha value is -1.06. The first-order valence-electron chi connectivity index (χ1n) is 10.0. The summed E-state index contributed by atoms with van der Waals surface area (Å²) in [6.45, 7) is 5.33. The topological polar surface area (TPSA) is 52.6 Å². The number of unbranched alkanes of at least 4 members (excludes halogenated alkanes) is 10. The summed E-state index contributed by atoms with van der Waals surface area (Å²) >= 11 is 0. The summed E-state index contributed by atoms with van der Waals surface area (Å²) in [5, 5.41) is 0. The molecule has 4 nitrogen and oxygen atoms in total. The molecule has 0 aromatic rings. The molecule has 0 rings (SSSR count). The van der Waals surface area contributed by atoms with E-state index in [1.165, 1.54) is 51.4 Å². The van der Waals surface area contributed by atoms with Crippen LogP contribution in [0.5, 0.6) is 0 Å². The second kappa shape index (κ2) is 18.3. The minimum Gasteiger partial charge on any atom is -0.466 e. The van der Waals surface area contributed by atoms with Gasteiger partial charge < -0.3 is 9.47 Å². The number of esters is 2. The molecule has 0 aliphatic carbocycles. The van der Waals surface area contributed by atoms with Gasteiger partial charge in [0.15, 0.2) is 0 Å². The van der Waals surface area contributed by atoms with Crippen LogP contribution in [0.1, 0.15) is 104 Å². The van der Waals surface area contributed by atoms with E-state index in [0.29, 0.717) is 13.2 Å². The second-order valence-electron chi connectivity index (χ2n) is 6.48.